The Kier molecular flexibility index (Phi) is 6.17. The van der Waals surface area contributed by atoms with E-state index in [0.717, 1.165) is 6.33 Å². The van der Waals surface area contributed by atoms with Gasteiger partial charge >= 0.3 is 0 Å². The van der Waals surface area contributed by atoms with E-state index >= 15 is 0 Å². The highest BCUT2D eigenvalue weighted by Gasteiger charge is 2.24. The van der Waals surface area contributed by atoms with Crippen molar-refractivity contribution in [3.8, 4) is 23.3 Å². The van der Waals surface area contributed by atoms with Gasteiger partial charge in [0.05, 0.1) is 5.56 Å². The van der Waals surface area contributed by atoms with Gasteiger partial charge in [-0.1, -0.05) is 35.5 Å². The lowest BCUT2D eigenvalue weighted by molar-refractivity contribution is 0.0672. The molecule has 4 rings (SSSR count). The lowest BCUT2D eigenvalue weighted by atomic mass is 10.1. The van der Waals surface area contributed by atoms with Gasteiger partial charge in [-0.2, -0.15) is 14.4 Å². The fourth-order valence-electron chi connectivity index (χ4n) is 2.65. The second-order valence-electron chi connectivity index (χ2n) is 6.01. The van der Waals surface area contributed by atoms with Crippen LogP contribution in [0.1, 0.15) is 5.56 Å². The van der Waals surface area contributed by atoms with Gasteiger partial charge in [-0.25, -0.2) is 0 Å². The number of aromatic nitrogens is 2. The van der Waals surface area contributed by atoms with E-state index in [1.54, 1.807) is 48.5 Å². The number of nitrogens with zero attached hydrogens (tertiary/aromatic N) is 4. The number of oxime groups is 2. The Bertz CT molecular complexity index is 1110. The molecule has 1 aliphatic rings. The van der Waals surface area contributed by atoms with E-state index < -0.39 is 5.82 Å². The van der Waals surface area contributed by atoms with E-state index in [2.05, 4.69) is 20.3 Å². The van der Waals surface area contributed by atoms with Crippen molar-refractivity contribution < 1.29 is 28.3 Å². The summed E-state index contributed by atoms with van der Waals surface area (Å²) in [6, 6.07) is 15.5. The molecular weight excluding hydrogens is 407 g/mol. The summed E-state index contributed by atoms with van der Waals surface area (Å²) in [6.07, 6.45) is 1.14. The lowest BCUT2D eigenvalue weighted by Gasteiger charge is -2.16. The minimum atomic E-state index is -0.860. The van der Waals surface area contributed by atoms with Crippen molar-refractivity contribution in [1.82, 2.24) is 9.97 Å². The molecule has 1 aromatic heterocycles. The SMILES string of the molecule is CON=C(C1=NOCCO1)c1ccccc1Oc1ncnc(Oc2ccccc2)c1F. The van der Waals surface area contributed by atoms with Gasteiger partial charge in [0.15, 0.2) is 12.3 Å². The topological polar surface area (TPSA) is 96.7 Å². The molecule has 0 radical (unpaired) electrons. The fourth-order valence-corrected chi connectivity index (χ4v) is 2.65. The van der Waals surface area contributed by atoms with Crippen LogP contribution < -0.4 is 9.47 Å². The molecule has 0 spiro atoms. The van der Waals surface area contributed by atoms with Crippen molar-refractivity contribution in [3.63, 3.8) is 0 Å². The Morgan fingerprint density at radius 3 is 2.45 bits per heavy atom. The third-order valence-electron chi connectivity index (χ3n) is 3.98. The van der Waals surface area contributed by atoms with Crippen molar-refractivity contribution in [1.29, 1.82) is 0 Å². The van der Waals surface area contributed by atoms with Gasteiger partial charge in [0.2, 0.25) is 5.82 Å². The molecule has 158 valence electrons. The molecule has 0 unspecified atom stereocenters. The third kappa shape index (κ3) is 4.69. The number of halogens is 1. The first-order chi connectivity index (χ1) is 15.3. The van der Waals surface area contributed by atoms with Crippen LogP contribution in [0.15, 0.2) is 71.2 Å². The molecule has 2 heterocycles. The number of rotatable bonds is 7. The van der Waals surface area contributed by atoms with E-state index in [0.29, 0.717) is 24.5 Å². The predicted molar refractivity (Wildman–Crippen MR) is 108 cm³/mol. The Morgan fingerprint density at radius 2 is 1.71 bits per heavy atom. The molecule has 1 aliphatic heterocycles. The van der Waals surface area contributed by atoms with E-state index in [4.69, 9.17) is 23.9 Å². The van der Waals surface area contributed by atoms with E-state index in [1.165, 1.54) is 7.11 Å². The summed E-state index contributed by atoms with van der Waals surface area (Å²) < 4.78 is 31.7. The standard InChI is InChI=1S/C21H17FN4O5/c1-27-25-18(21-26-29-12-11-28-21)15-9-5-6-10-16(15)31-20-17(22)19(23-13-24-20)30-14-7-3-2-4-8-14/h2-10,13H,11-12H2,1H3. The van der Waals surface area contributed by atoms with Crippen LogP contribution in [-0.4, -0.2) is 41.9 Å². The first-order valence-corrected chi connectivity index (χ1v) is 9.21. The molecule has 10 heteroatoms. The van der Waals surface area contributed by atoms with E-state index in [-0.39, 0.29) is 29.1 Å². The largest absolute Gasteiger partial charge is 0.470 e. The summed E-state index contributed by atoms with van der Waals surface area (Å²) in [5.74, 6) is -0.686. The molecule has 0 saturated heterocycles. The normalized spacial score (nSPS) is 13.5. The maximum atomic E-state index is 15.0. The highest BCUT2D eigenvalue weighted by molar-refractivity contribution is 6.45. The minimum Gasteiger partial charge on any atom is -0.470 e. The van der Waals surface area contributed by atoms with Crippen LogP contribution in [0.3, 0.4) is 0 Å². The lowest BCUT2D eigenvalue weighted by Crippen LogP contribution is -2.25. The van der Waals surface area contributed by atoms with Crippen LogP contribution in [0.25, 0.3) is 0 Å². The minimum absolute atomic E-state index is 0.111. The highest BCUT2D eigenvalue weighted by Crippen LogP contribution is 2.31. The monoisotopic (exact) mass is 424 g/mol. The molecule has 0 bridgehead atoms. The van der Waals surface area contributed by atoms with Crippen LogP contribution in [0.2, 0.25) is 0 Å². The van der Waals surface area contributed by atoms with Crippen LogP contribution in [0, 0.1) is 5.82 Å². The van der Waals surface area contributed by atoms with E-state index in [9.17, 15) is 4.39 Å². The zero-order valence-corrected chi connectivity index (χ0v) is 16.4. The second-order valence-corrected chi connectivity index (χ2v) is 6.01. The van der Waals surface area contributed by atoms with Crippen molar-refractivity contribution in [2.24, 2.45) is 10.3 Å². The molecule has 0 aliphatic carbocycles. The molecule has 2 aromatic carbocycles. The van der Waals surface area contributed by atoms with Crippen molar-refractivity contribution in [3.05, 3.63) is 72.3 Å². The fraction of sp³-hybridized carbons (Fsp3) is 0.143. The molecule has 0 saturated carbocycles. The zero-order valence-electron chi connectivity index (χ0n) is 16.4. The molecule has 9 nitrogen and oxygen atoms in total. The molecule has 0 amide bonds. The first-order valence-electron chi connectivity index (χ1n) is 9.21. The summed E-state index contributed by atoms with van der Waals surface area (Å²) in [5.41, 5.74) is 0.644. The molecule has 31 heavy (non-hydrogen) atoms. The van der Waals surface area contributed by atoms with Gasteiger partial charge < -0.3 is 23.9 Å². The number of benzene rings is 2. The van der Waals surface area contributed by atoms with Gasteiger partial charge in [-0.05, 0) is 29.4 Å². The van der Waals surface area contributed by atoms with Crippen LogP contribution in [0.4, 0.5) is 4.39 Å². The molecular formula is C21H17FN4O5. The van der Waals surface area contributed by atoms with Gasteiger partial charge in [-0.15, -0.1) is 0 Å². The molecule has 3 aromatic rings. The highest BCUT2D eigenvalue weighted by atomic mass is 19.1. The quantitative estimate of drug-likeness (QED) is 0.419. The van der Waals surface area contributed by atoms with Gasteiger partial charge in [-0.3, -0.25) is 0 Å². The average Bonchev–Trinajstić information content (AvgIpc) is 2.82. The van der Waals surface area contributed by atoms with Crippen LogP contribution >= 0.6 is 0 Å². The number of para-hydroxylation sites is 2. The third-order valence-corrected chi connectivity index (χ3v) is 3.98. The number of hydrogen-bond donors (Lipinski definition) is 0. The first kappa shape index (κ1) is 20.1. The maximum Gasteiger partial charge on any atom is 0.280 e. The summed E-state index contributed by atoms with van der Waals surface area (Å²) >= 11 is 0. The van der Waals surface area contributed by atoms with Crippen molar-refractivity contribution in [2.45, 2.75) is 0 Å². The predicted octanol–water partition coefficient (Wildman–Crippen LogP) is 3.91. The number of ether oxygens (including phenoxy) is 3. The molecule has 0 fully saturated rings. The average molecular weight is 424 g/mol. The number of hydrogen-bond acceptors (Lipinski definition) is 9. The summed E-state index contributed by atoms with van der Waals surface area (Å²) in [7, 11) is 1.38. The zero-order chi connectivity index (χ0) is 21.5. The van der Waals surface area contributed by atoms with Crippen LogP contribution in [-0.2, 0) is 14.4 Å². The Balaban J connectivity index is 1.66. The summed E-state index contributed by atoms with van der Waals surface area (Å²) in [5, 5.41) is 7.83. The molecule has 0 N–H and O–H groups in total. The van der Waals surface area contributed by atoms with E-state index in [1.807, 2.05) is 6.07 Å². The molecule has 0 atom stereocenters. The van der Waals surface area contributed by atoms with Gasteiger partial charge in [0.1, 0.15) is 31.5 Å². The van der Waals surface area contributed by atoms with Gasteiger partial charge in [0, 0.05) is 0 Å². The summed E-state index contributed by atoms with van der Waals surface area (Å²) in [6.45, 7) is 0.615. The van der Waals surface area contributed by atoms with Crippen molar-refractivity contribution in [2.75, 3.05) is 20.3 Å². The Hall–Kier alpha value is -4.21. The van der Waals surface area contributed by atoms with Crippen LogP contribution in [0.5, 0.6) is 23.3 Å². The smallest absolute Gasteiger partial charge is 0.280 e. The Labute approximate surface area is 176 Å². The second kappa shape index (κ2) is 9.53. The van der Waals surface area contributed by atoms with Gasteiger partial charge in [0.25, 0.3) is 17.7 Å². The Morgan fingerprint density at radius 1 is 0.968 bits per heavy atom. The summed E-state index contributed by atoms with van der Waals surface area (Å²) in [4.78, 5) is 17.7. The van der Waals surface area contributed by atoms with Crippen molar-refractivity contribution >= 4 is 11.6 Å². The maximum absolute atomic E-state index is 15.0.